The van der Waals surface area contributed by atoms with Crippen molar-refractivity contribution in [3.63, 3.8) is 0 Å². The first-order valence-corrected chi connectivity index (χ1v) is 7.64. The van der Waals surface area contributed by atoms with Crippen LogP contribution in [-0.2, 0) is 4.74 Å². The van der Waals surface area contributed by atoms with E-state index < -0.39 is 0 Å². The van der Waals surface area contributed by atoms with E-state index in [9.17, 15) is 0 Å². The average Bonchev–Trinajstić information content (AvgIpc) is 2.78. The molecule has 2 unspecified atom stereocenters. The summed E-state index contributed by atoms with van der Waals surface area (Å²) in [4.78, 5) is 2.63. The van der Waals surface area contributed by atoms with Crippen LogP contribution in [0.5, 0.6) is 0 Å². The maximum absolute atomic E-state index is 5.70. The van der Waals surface area contributed by atoms with Gasteiger partial charge in [-0.05, 0) is 52.1 Å². The fourth-order valence-electron chi connectivity index (χ4n) is 3.81. The lowest BCUT2D eigenvalue weighted by molar-refractivity contribution is -0.0559. The van der Waals surface area contributed by atoms with Gasteiger partial charge in [0.2, 0.25) is 0 Å². The summed E-state index contributed by atoms with van der Waals surface area (Å²) >= 11 is 0. The van der Waals surface area contributed by atoms with Crippen LogP contribution in [0.15, 0.2) is 0 Å². The molecule has 18 heavy (non-hydrogen) atoms. The van der Waals surface area contributed by atoms with Gasteiger partial charge in [-0.3, -0.25) is 4.90 Å². The maximum Gasteiger partial charge on any atom is 0.0777 e. The summed E-state index contributed by atoms with van der Waals surface area (Å²) in [6.45, 7) is 9.31. The zero-order valence-corrected chi connectivity index (χ0v) is 12.4. The van der Waals surface area contributed by atoms with Gasteiger partial charge in [0.15, 0.2) is 0 Å². The molecule has 2 atom stereocenters. The Hall–Kier alpha value is -0.120. The van der Waals surface area contributed by atoms with Crippen LogP contribution in [-0.4, -0.2) is 49.3 Å². The van der Waals surface area contributed by atoms with Crippen molar-refractivity contribution in [2.24, 2.45) is 0 Å². The van der Waals surface area contributed by atoms with Gasteiger partial charge < -0.3 is 10.1 Å². The third-order valence-corrected chi connectivity index (χ3v) is 4.82. The molecule has 0 aromatic carbocycles. The van der Waals surface area contributed by atoms with Crippen molar-refractivity contribution < 1.29 is 4.74 Å². The zero-order chi connectivity index (χ0) is 13.1. The molecule has 2 rings (SSSR count). The average molecular weight is 254 g/mol. The van der Waals surface area contributed by atoms with Crippen molar-refractivity contribution in [3.05, 3.63) is 0 Å². The summed E-state index contributed by atoms with van der Waals surface area (Å²) in [5.41, 5.74) is 0.463. The molecular formula is C15H30N2O. The molecule has 2 aliphatic heterocycles. The minimum Gasteiger partial charge on any atom is -0.377 e. The highest BCUT2D eigenvalue weighted by Crippen LogP contribution is 2.30. The minimum atomic E-state index is 0.0737. The number of hydrogen-bond acceptors (Lipinski definition) is 3. The van der Waals surface area contributed by atoms with Gasteiger partial charge in [-0.25, -0.2) is 0 Å². The fourth-order valence-corrected chi connectivity index (χ4v) is 3.81. The first-order valence-electron chi connectivity index (χ1n) is 7.64. The van der Waals surface area contributed by atoms with Crippen LogP contribution >= 0.6 is 0 Å². The van der Waals surface area contributed by atoms with E-state index in [0.29, 0.717) is 5.54 Å². The number of rotatable bonds is 5. The molecule has 0 amide bonds. The van der Waals surface area contributed by atoms with Crippen molar-refractivity contribution >= 4 is 0 Å². The highest BCUT2D eigenvalue weighted by atomic mass is 16.5. The molecule has 106 valence electrons. The third-order valence-electron chi connectivity index (χ3n) is 4.82. The molecule has 2 heterocycles. The monoisotopic (exact) mass is 254 g/mol. The molecule has 3 heteroatoms. The molecular weight excluding hydrogens is 224 g/mol. The number of nitrogens with zero attached hydrogens (tertiary/aromatic N) is 1. The Morgan fingerprint density at radius 1 is 1.28 bits per heavy atom. The largest absolute Gasteiger partial charge is 0.377 e. The Morgan fingerprint density at radius 2 is 2.11 bits per heavy atom. The number of hydrogen-bond donors (Lipinski definition) is 1. The lowest BCUT2D eigenvalue weighted by Gasteiger charge is -2.43. The molecule has 0 saturated carbocycles. The Balaban J connectivity index is 1.94. The van der Waals surface area contributed by atoms with Crippen LogP contribution in [0.25, 0.3) is 0 Å². The number of methoxy groups -OCH3 is 1. The van der Waals surface area contributed by atoms with E-state index in [4.69, 9.17) is 4.74 Å². The van der Waals surface area contributed by atoms with Crippen LogP contribution in [0.3, 0.4) is 0 Å². The summed E-state index contributed by atoms with van der Waals surface area (Å²) in [5.74, 6) is 0. The molecule has 0 spiro atoms. The molecule has 1 N–H and O–H groups in total. The summed E-state index contributed by atoms with van der Waals surface area (Å²) in [5, 5.41) is 3.78. The van der Waals surface area contributed by atoms with E-state index in [1.54, 1.807) is 0 Å². The Morgan fingerprint density at radius 3 is 2.72 bits per heavy atom. The summed E-state index contributed by atoms with van der Waals surface area (Å²) in [7, 11) is 1.86. The highest BCUT2D eigenvalue weighted by molar-refractivity contribution is 4.97. The lowest BCUT2D eigenvalue weighted by Crippen LogP contribution is -2.55. The van der Waals surface area contributed by atoms with Gasteiger partial charge in [-0.1, -0.05) is 13.3 Å². The van der Waals surface area contributed by atoms with Crippen LogP contribution in [0.4, 0.5) is 0 Å². The molecule has 0 aromatic heterocycles. The number of piperidine rings is 1. The van der Waals surface area contributed by atoms with E-state index in [1.165, 1.54) is 58.2 Å². The van der Waals surface area contributed by atoms with Gasteiger partial charge >= 0.3 is 0 Å². The Labute approximate surface area is 112 Å². The van der Waals surface area contributed by atoms with E-state index in [2.05, 4.69) is 24.1 Å². The van der Waals surface area contributed by atoms with Crippen molar-refractivity contribution in [3.8, 4) is 0 Å². The second-order valence-electron chi connectivity index (χ2n) is 6.53. The number of nitrogens with one attached hydrogen (secondary N) is 1. The minimum absolute atomic E-state index is 0.0737. The quantitative estimate of drug-likeness (QED) is 0.815. The van der Waals surface area contributed by atoms with Gasteiger partial charge in [0.05, 0.1) is 5.60 Å². The molecule has 3 nitrogen and oxygen atoms in total. The van der Waals surface area contributed by atoms with Crippen molar-refractivity contribution in [2.45, 2.75) is 63.5 Å². The van der Waals surface area contributed by atoms with Crippen LogP contribution < -0.4 is 5.32 Å². The van der Waals surface area contributed by atoms with Gasteiger partial charge in [0, 0.05) is 25.7 Å². The van der Waals surface area contributed by atoms with Crippen molar-refractivity contribution in [1.29, 1.82) is 0 Å². The van der Waals surface area contributed by atoms with Gasteiger partial charge in [-0.2, -0.15) is 0 Å². The molecule has 0 radical (unpaired) electrons. The third kappa shape index (κ3) is 3.25. The summed E-state index contributed by atoms with van der Waals surface area (Å²) < 4.78 is 5.70. The van der Waals surface area contributed by atoms with E-state index in [0.717, 1.165) is 6.54 Å². The smallest absolute Gasteiger partial charge is 0.0777 e. The summed E-state index contributed by atoms with van der Waals surface area (Å²) in [6, 6.07) is 0. The number of ether oxygens (including phenoxy) is 1. The fraction of sp³-hybridized carbons (Fsp3) is 1.00. The summed E-state index contributed by atoms with van der Waals surface area (Å²) in [6.07, 6.45) is 7.76. The van der Waals surface area contributed by atoms with E-state index >= 15 is 0 Å². The van der Waals surface area contributed by atoms with Crippen LogP contribution in [0, 0.1) is 0 Å². The lowest BCUT2D eigenvalue weighted by atomic mass is 9.88. The highest BCUT2D eigenvalue weighted by Gasteiger charge is 2.38. The normalized spacial score (nSPS) is 38.2. The van der Waals surface area contributed by atoms with Gasteiger partial charge in [-0.15, -0.1) is 0 Å². The SMILES string of the molecule is CCCC1(CN2CCCC(C)(OC)C2)CCCN1. The first-order chi connectivity index (χ1) is 8.61. The molecule has 0 aromatic rings. The predicted octanol–water partition coefficient (Wildman–Crippen LogP) is 2.41. The second kappa shape index (κ2) is 5.89. The zero-order valence-electron chi connectivity index (χ0n) is 12.4. The van der Waals surface area contributed by atoms with E-state index in [-0.39, 0.29) is 5.60 Å². The van der Waals surface area contributed by atoms with Gasteiger partial charge in [0.1, 0.15) is 0 Å². The molecule has 0 aliphatic carbocycles. The topological polar surface area (TPSA) is 24.5 Å². The van der Waals surface area contributed by atoms with Crippen molar-refractivity contribution in [1.82, 2.24) is 10.2 Å². The molecule has 2 fully saturated rings. The second-order valence-corrected chi connectivity index (χ2v) is 6.53. The maximum atomic E-state index is 5.70. The van der Waals surface area contributed by atoms with Gasteiger partial charge in [0.25, 0.3) is 0 Å². The predicted molar refractivity (Wildman–Crippen MR) is 76.0 cm³/mol. The first kappa shape index (κ1) is 14.3. The Bertz CT molecular complexity index is 263. The standard InChI is InChI=1S/C15H30N2O/c1-4-7-15(9-5-10-16-15)13-17-11-6-8-14(2,12-17)18-3/h16H,4-13H2,1-3H3. The van der Waals surface area contributed by atoms with E-state index in [1.807, 2.05) is 7.11 Å². The molecule has 2 saturated heterocycles. The molecule has 2 aliphatic rings. The van der Waals surface area contributed by atoms with Crippen molar-refractivity contribution in [2.75, 3.05) is 33.3 Å². The number of likely N-dealkylation sites (tertiary alicyclic amines) is 1. The van der Waals surface area contributed by atoms with Crippen LogP contribution in [0.2, 0.25) is 0 Å². The Kier molecular flexibility index (Phi) is 4.68. The molecule has 0 bridgehead atoms. The van der Waals surface area contributed by atoms with Crippen LogP contribution in [0.1, 0.15) is 52.4 Å².